The van der Waals surface area contributed by atoms with Crippen molar-refractivity contribution in [2.45, 2.75) is 64.2 Å². The van der Waals surface area contributed by atoms with Gasteiger partial charge in [-0.3, -0.25) is 4.90 Å². The van der Waals surface area contributed by atoms with Crippen LogP contribution in [0.2, 0.25) is 0 Å². The number of fused-ring (bicyclic) bond motifs is 2. The number of phenolic OH excluding ortho intramolecular Hbond substituents is 1. The summed E-state index contributed by atoms with van der Waals surface area (Å²) < 4.78 is 0. The molecule has 0 radical (unpaired) electrons. The smallest absolute Gasteiger partial charge is 0.121 e. The molecule has 2 heterocycles. The first-order valence-electron chi connectivity index (χ1n) is 7.78. The number of piperidine rings is 1. The molecule has 2 aliphatic heterocycles. The Balaban J connectivity index is 1.68. The van der Waals surface area contributed by atoms with E-state index in [0.29, 0.717) is 11.8 Å². The van der Waals surface area contributed by atoms with E-state index in [0.717, 1.165) is 29.8 Å². The number of nitrogens with zero attached hydrogens (tertiary/aromatic N) is 1. The fourth-order valence-electron chi connectivity index (χ4n) is 3.94. The number of hydrogen-bond acceptors (Lipinski definition) is 3. The van der Waals surface area contributed by atoms with E-state index in [1.165, 1.54) is 31.2 Å². The largest absolute Gasteiger partial charge is 0.507 e. The predicted molar refractivity (Wildman–Crippen MR) is 82.0 cm³/mol. The van der Waals surface area contributed by atoms with Gasteiger partial charge in [-0.05, 0) is 63.3 Å². The van der Waals surface area contributed by atoms with Crippen molar-refractivity contribution >= 4 is 0 Å². The quantitative estimate of drug-likeness (QED) is 0.889. The Labute approximate surface area is 122 Å². The minimum Gasteiger partial charge on any atom is -0.507 e. The van der Waals surface area contributed by atoms with Gasteiger partial charge in [0.2, 0.25) is 0 Å². The van der Waals surface area contributed by atoms with Gasteiger partial charge in [0.1, 0.15) is 5.75 Å². The maximum Gasteiger partial charge on any atom is 0.121 e. The molecular weight excluding hydrogens is 248 g/mol. The van der Waals surface area contributed by atoms with Crippen molar-refractivity contribution in [3.63, 3.8) is 0 Å². The summed E-state index contributed by atoms with van der Waals surface area (Å²) in [6.07, 6.45) is 5.27. The fourth-order valence-corrected chi connectivity index (χ4v) is 3.94. The van der Waals surface area contributed by atoms with Gasteiger partial charge in [0.25, 0.3) is 0 Å². The lowest BCUT2D eigenvalue weighted by Gasteiger charge is -2.35. The van der Waals surface area contributed by atoms with Gasteiger partial charge < -0.3 is 10.4 Å². The predicted octanol–water partition coefficient (Wildman–Crippen LogP) is 2.72. The zero-order valence-electron chi connectivity index (χ0n) is 12.8. The van der Waals surface area contributed by atoms with Crippen LogP contribution in [0.5, 0.6) is 5.75 Å². The lowest BCUT2D eigenvalue weighted by atomic mass is 9.97. The Morgan fingerprint density at radius 1 is 1.15 bits per heavy atom. The first kappa shape index (κ1) is 13.9. The summed E-state index contributed by atoms with van der Waals surface area (Å²) in [5.74, 6) is 0.441. The van der Waals surface area contributed by atoms with Crippen molar-refractivity contribution in [2.24, 2.45) is 0 Å². The molecule has 2 unspecified atom stereocenters. The van der Waals surface area contributed by atoms with Crippen LogP contribution in [0.15, 0.2) is 12.1 Å². The molecule has 3 nitrogen and oxygen atoms in total. The van der Waals surface area contributed by atoms with Gasteiger partial charge in [0.15, 0.2) is 0 Å². The molecule has 0 spiro atoms. The van der Waals surface area contributed by atoms with Crippen LogP contribution in [-0.2, 0) is 6.54 Å². The molecule has 1 aromatic rings. The van der Waals surface area contributed by atoms with Crippen molar-refractivity contribution in [2.75, 3.05) is 7.05 Å². The summed E-state index contributed by atoms with van der Waals surface area (Å²) in [5, 5.41) is 13.6. The van der Waals surface area contributed by atoms with Crippen LogP contribution in [0.3, 0.4) is 0 Å². The van der Waals surface area contributed by atoms with Gasteiger partial charge in [0.05, 0.1) is 0 Å². The zero-order chi connectivity index (χ0) is 14.3. The van der Waals surface area contributed by atoms with Gasteiger partial charge in [-0.2, -0.15) is 0 Å². The second kappa shape index (κ2) is 5.38. The summed E-state index contributed by atoms with van der Waals surface area (Å²) >= 11 is 0. The maximum absolute atomic E-state index is 9.87. The van der Waals surface area contributed by atoms with Gasteiger partial charge in [-0.25, -0.2) is 0 Å². The molecule has 2 N–H and O–H groups in total. The molecule has 2 aliphatic rings. The minimum absolute atomic E-state index is 0.441. The number of phenols is 1. The Hall–Kier alpha value is -1.06. The number of nitrogens with one attached hydrogen (secondary N) is 1. The standard InChI is InChI=1S/C17H26N2O/c1-11-6-13(7-12(2)17(11)20)10-19(3)16-8-14-4-5-15(9-16)18-14/h6-7,14-16,18,20H,4-5,8-10H2,1-3H3. The molecule has 0 saturated carbocycles. The van der Waals surface area contributed by atoms with Crippen LogP contribution in [0.25, 0.3) is 0 Å². The monoisotopic (exact) mass is 274 g/mol. The van der Waals surface area contributed by atoms with Crippen molar-refractivity contribution < 1.29 is 5.11 Å². The molecule has 0 aromatic heterocycles. The molecule has 0 amide bonds. The SMILES string of the molecule is Cc1cc(CN(C)C2CC3CCC(C2)N3)cc(C)c1O. The maximum atomic E-state index is 9.87. The molecule has 3 heteroatoms. The number of rotatable bonds is 3. The molecule has 3 rings (SSSR count). The van der Waals surface area contributed by atoms with Gasteiger partial charge >= 0.3 is 0 Å². The van der Waals surface area contributed by atoms with Crippen molar-refractivity contribution in [3.05, 3.63) is 28.8 Å². The highest BCUT2D eigenvalue weighted by Crippen LogP contribution is 2.30. The first-order valence-corrected chi connectivity index (χ1v) is 7.78. The summed E-state index contributed by atoms with van der Waals surface area (Å²) in [6, 6.07) is 6.42. The molecule has 2 fully saturated rings. The second-order valence-corrected chi connectivity index (χ2v) is 6.76. The molecule has 0 aliphatic carbocycles. The molecule has 2 saturated heterocycles. The normalized spacial score (nSPS) is 29.1. The Kier molecular flexibility index (Phi) is 3.74. The van der Waals surface area contributed by atoms with Crippen LogP contribution in [0.1, 0.15) is 42.4 Å². The van der Waals surface area contributed by atoms with E-state index >= 15 is 0 Å². The Morgan fingerprint density at radius 2 is 1.70 bits per heavy atom. The van der Waals surface area contributed by atoms with Crippen molar-refractivity contribution in [3.8, 4) is 5.75 Å². The van der Waals surface area contributed by atoms with Crippen LogP contribution >= 0.6 is 0 Å². The van der Waals surface area contributed by atoms with Gasteiger partial charge in [0, 0.05) is 24.7 Å². The summed E-state index contributed by atoms with van der Waals surface area (Å²) in [5.41, 5.74) is 3.28. The van der Waals surface area contributed by atoms with E-state index in [1.54, 1.807) is 0 Å². The number of aryl methyl sites for hydroxylation is 2. The third-order valence-electron chi connectivity index (χ3n) is 5.05. The third kappa shape index (κ3) is 2.70. The van der Waals surface area contributed by atoms with E-state index in [2.05, 4.69) is 29.4 Å². The number of aromatic hydroxyl groups is 1. The van der Waals surface area contributed by atoms with Crippen LogP contribution < -0.4 is 5.32 Å². The van der Waals surface area contributed by atoms with Gasteiger partial charge in [-0.15, -0.1) is 0 Å². The average molecular weight is 274 g/mol. The van der Waals surface area contributed by atoms with E-state index < -0.39 is 0 Å². The van der Waals surface area contributed by atoms with Crippen LogP contribution in [-0.4, -0.2) is 35.2 Å². The van der Waals surface area contributed by atoms with E-state index in [1.807, 2.05) is 13.8 Å². The summed E-state index contributed by atoms with van der Waals surface area (Å²) in [4.78, 5) is 2.50. The highest BCUT2D eigenvalue weighted by atomic mass is 16.3. The lowest BCUT2D eigenvalue weighted by Crippen LogP contribution is -2.46. The topological polar surface area (TPSA) is 35.5 Å². The van der Waals surface area contributed by atoms with E-state index in [4.69, 9.17) is 0 Å². The summed E-state index contributed by atoms with van der Waals surface area (Å²) in [6.45, 7) is 4.94. The highest BCUT2D eigenvalue weighted by Gasteiger charge is 2.34. The zero-order valence-corrected chi connectivity index (χ0v) is 12.8. The first-order chi connectivity index (χ1) is 9.52. The van der Waals surface area contributed by atoms with E-state index in [9.17, 15) is 5.11 Å². The number of benzene rings is 1. The molecule has 2 bridgehead atoms. The lowest BCUT2D eigenvalue weighted by molar-refractivity contribution is 0.166. The minimum atomic E-state index is 0.441. The molecular formula is C17H26N2O. The molecule has 20 heavy (non-hydrogen) atoms. The van der Waals surface area contributed by atoms with Crippen molar-refractivity contribution in [1.82, 2.24) is 10.2 Å². The number of hydrogen-bond donors (Lipinski definition) is 2. The van der Waals surface area contributed by atoms with Gasteiger partial charge in [-0.1, -0.05) is 12.1 Å². The van der Waals surface area contributed by atoms with Crippen LogP contribution in [0, 0.1) is 13.8 Å². The Bertz CT molecular complexity index is 465. The summed E-state index contributed by atoms with van der Waals surface area (Å²) in [7, 11) is 2.24. The third-order valence-corrected chi connectivity index (χ3v) is 5.05. The molecule has 110 valence electrons. The second-order valence-electron chi connectivity index (χ2n) is 6.76. The fraction of sp³-hybridized carbons (Fsp3) is 0.647. The molecule has 1 aromatic carbocycles. The van der Waals surface area contributed by atoms with Crippen molar-refractivity contribution in [1.29, 1.82) is 0 Å². The molecule has 2 atom stereocenters. The van der Waals surface area contributed by atoms with E-state index in [-0.39, 0.29) is 0 Å². The highest BCUT2D eigenvalue weighted by molar-refractivity contribution is 5.42. The Morgan fingerprint density at radius 3 is 2.25 bits per heavy atom. The average Bonchev–Trinajstić information content (AvgIpc) is 2.74. The van der Waals surface area contributed by atoms with Crippen LogP contribution in [0.4, 0.5) is 0 Å².